The number of carbonyl (C=O) groups is 1. The van der Waals surface area contributed by atoms with Crippen molar-refractivity contribution in [2.75, 3.05) is 14.2 Å². The summed E-state index contributed by atoms with van der Waals surface area (Å²) in [5.41, 5.74) is 1.55. The predicted octanol–water partition coefficient (Wildman–Crippen LogP) is 1.81. The zero-order valence-electron chi connectivity index (χ0n) is 15.2. The molecule has 0 aliphatic carbocycles. The highest BCUT2D eigenvalue weighted by Gasteiger charge is 2.23. The summed E-state index contributed by atoms with van der Waals surface area (Å²) in [5, 5.41) is 11.0. The zero-order valence-corrected chi connectivity index (χ0v) is 15.9. The Balaban J connectivity index is 0.00000261. The van der Waals surface area contributed by atoms with E-state index in [0.29, 0.717) is 34.0 Å². The first kappa shape index (κ1) is 20.3. The topological polar surface area (TPSA) is 67.1 Å². The van der Waals surface area contributed by atoms with Crippen LogP contribution in [0.5, 0.6) is 17.2 Å². The molecule has 1 heterocycles. The number of methoxy groups -OCH3 is 2. The van der Waals surface area contributed by atoms with E-state index >= 15 is 0 Å². The first-order valence-electron chi connectivity index (χ1n) is 8.04. The molecule has 0 fully saturated rings. The number of phenols is 1. The van der Waals surface area contributed by atoms with Gasteiger partial charge in [-0.15, -0.1) is 0 Å². The van der Waals surface area contributed by atoms with Crippen LogP contribution >= 0.6 is 0 Å². The van der Waals surface area contributed by atoms with Crippen LogP contribution in [-0.2, 0) is 0 Å². The summed E-state index contributed by atoms with van der Waals surface area (Å²) in [6, 6.07) is 12.4. The Morgan fingerprint density at radius 3 is 2.37 bits per heavy atom. The van der Waals surface area contributed by atoms with Crippen molar-refractivity contribution in [1.29, 1.82) is 0 Å². The van der Waals surface area contributed by atoms with Crippen LogP contribution < -0.4 is 21.9 Å². The average molecular weight is 387 g/mol. The third kappa shape index (κ3) is 4.04. The van der Waals surface area contributed by atoms with Gasteiger partial charge in [-0.05, 0) is 37.3 Å². The minimum atomic E-state index is -0.118. The summed E-state index contributed by atoms with van der Waals surface area (Å²) in [7, 11) is 3.05. The number of benzene rings is 2. The highest BCUT2D eigenvalue weighted by molar-refractivity contribution is 6.01. The van der Waals surface area contributed by atoms with E-state index in [9.17, 15) is 9.90 Å². The van der Waals surface area contributed by atoms with Gasteiger partial charge in [-0.3, -0.25) is 4.79 Å². The number of rotatable bonds is 5. The number of hydrogen-bond donors (Lipinski definition) is 1. The van der Waals surface area contributed by atoms with Crippen molar-refractivity contribution in [1.82, 2.24) is 0 Å². The number of ketones is 1. The molecule has 27 heavy (non-hydrogen) atoms. The summed E-state index contributed by atoms with van der Waals surface area (Å²) in [5.74, 6) is 1.24. The van der Waals surface area contributed by atoms with Crippen molar-refractivity contribution in [2.45, 2.75) is 6.92 Å². The Hall–Kier alpha value is -3.05. The molecule has 2 aromatic carbocycles. The van der Waals surface area contributed by atoms with Gasteiger partial charge in [0, 0.05) is 11.6 Å². The van der Waals surface area contributed by atoms with Crippen molar-refractivity contribution < 1.29 is 36.2 Å². The molecule has 0 unspecified atom stereocenters. The summed E-state index contributed by atoms with van der Waals surface area (Å²) >= 11 is 0. The second-order valence-corrected chi connectivity index (χ2v) is 5.69. The van der Waals surface area contributed by atoms with Gasteiger partial charge < -0.3 is 27.0 Å². The fourth-order valence-corrected chi connectivity index (χ4v) is 2.71. The van der Waals surface area contributed by atoms with Crippen molar-refractivity contribution in [2.24, 2.45) is 0 Å². The molecular formula is C21H19ClO5. The SMILES string of the molecule is COc1cccc(/C=C/c2[o+]c3c(OC)cccc3cc2C(C)=O)c1O.[Cl-]. The Morgan fingerprint density at radius 2 is 1.70 bits per heavy atom. The van der Waals surface area contributed by atoms with Crippen molar-refractivity contribution in [3.63, 3.8) is 0 Å². The first-order valence-corrected chi connectivity index (χ1v) is 8.04. The first-order chi connectivity index (χ1) is 12.5. The minimum Gasteiger partial charge on any atom is -1.00 e. The van der Waals surface area contributed by atoms with E-state index < -0.39 is 0 Å². The summed E-state index contributed by atoms with van der Waals surface area (Å²) in [6.07, 6.45) is 3.32. The summed E-state index contributed by atoms with van der Waals surface area (Å²) in [6.45, 7) is 1.48. The van der Waals surface area contributed by atoms with Gasteiger partial charge >= 0.3 is 11.3 Å². The predicted molar refractivity (Wildman–Crippen MR) is 101 cm³/mol. The van der Waals surface area contributed by atoms with Gasteiger partial charge in [0.1, 0.15) is 5.56 Å². The van der Waals surface area contributed by atoms with Crippen LogP contribution in [0.4, 0.5) is 0 Å². The monoisotopic (exact) mass is 386 g/mol. The fourth-order valence-electron chi connectivity index (χ4n) is 2.71. The molecule has 0 radical (unpaired) electrons. The Labute approximate surface area is 163 Å². The Bertz CT molecular complexity index is 1010. The molecule has 0 amide bonds. The summed E-state index contributed by atoms with van der Waals surface area (Å²) < 4.78 is 16.4. The molecule has 0 atom stereocenters. The molecule has 1 N–H and O–H groups in total. The van der Waals surface area contributed by atoms with Crippen LogP contribution in [0.2, 0.25) is 0 Å². The standard InChI is InChI=1S/C21H18O5.ClH/c1-13(22)16-12-15-7-5-9-19(25-3)21(15)26-17(16)11-10-14-6-4-8-18(24-2)20(14)23;/h4-12H,1-3H3;1H. The number of fused-ring (bicyclic) bond motifs is 1. The third-order valence-electron chi connectivity index (χ3n) is 4.05. The highest BCUT2D eigenvalue weighted by atomic mass is 35.5. The van der Waals surface area contributed by atoms with Gasteiger partial charge in [0.2, 0.25) is 5.75 Å². The van der Waals surface area contributed by atoms with Gasteiger partial charge in [0.25, 0.3) is 0 Å². The lowest BCUT2D eigenvalue weighted by molar-refractivity contribution is -0.0000151. The van der Waals surface area contributed by atoms with Crippen molar-refractivity contribution in [3.8, 4) is 17.2 Å². The van der Waals surface area contributed by atoms with E-state index in [1.807, 2.05) is 12.1 Å². The van der Waals surface area contributed by atoms with Gasteiger partial charge in [-0.25, -0.2) is 4.42 Å². The minimum absolute atomic E-state index is 0. The second-order valence-electron chi connectivity index (χ2n) is 5.69. The molecule has 6 heteroatoms. The molecule has 3 rings (SSSR count). The van der Waals surface area contributed by atoms with Crippen LogP contribution in [0.3, 0.4) is 0 Å². The van der Waals surface area contributed by atoms with Crippen molar-refractivity contribution >= 4 is 28.9 Å². The van der Waals surface area contributed by atoms with E-state index in [1.165, 1.54) is 14.0 Å². The molecule has 0 saturated heterocycles. The van der Waals surface area contributed by atoms with Gasteiger partial charge in [-0.1, -0.05) is 18.2 Å². The Kier molecular flexibility index (Phi) is 6.42. The number of hydrogen-bond acceptors (Lipinski definition) is 4. The van der Waals surface area contributed by atoms with Crippen molar-refractivity contribution in [3.05, 3.63) is 59.4 Å². The maximum Gasteiger partial charge on any atom is 0.402 e. The molecule has 140 valence electrons. The van der Waals surface area contributed by atoms with Crippen LogP contribution in [-0.4, -0.2) is 25.1 Å². The molecular weight excluding hydrogens is 368 g/mol. The van der Waals surface area contributed by atoms with E-state index in [-0.39, 0.29) is 23.9 Å². The molecule has 0 spiro atoms. The van der Waals surface area contributed by atoms with Crippen LogP contribution in [0, 0.1) is 0 Å². The molecule has 3 aromatic rings. The van der Waals surface area contributed by atoms with Gasteiger partial charge in [0.05, 0.1) is 19.6 Å². The summed E-state index contributed by atoms with van der Waals surface area (Å²) in [4.78, 5) is 12.0. The lowest BCUT2D eigenvalue weighted by Gasteiger charge is -2.04. The number of aromatic hydroxyl groups is 1. The molecule has 1 aromatic heterocycles. The number of Topliss-reactive ketones (excluding diaryl/α,β-unsaturated/α-hetero) is 1. The molecule has 0 aliphatic rings. The van der Waals surface area contributed by atoms with Gasteiger partial charge in [-0.2, -0.15) is 0 Å². The van der Waals surface area contributed by atoms with Crippen LogP contribution in [0.1, 0.15) is 28.6 Å². The molecule has 0 saturated carbocycles. The van der Waals surface area contributed by atoms with Gasteiger partial charge in [0.15, 0.2) is 17.3 Å². The number of carbonyl (C=O) groups excluding carboxylic acids is 1. The normalized spacial score (nSPS) is 10.6. The largest absolute Gasteiger partial charge is 1.00 e. The average Bonchev–Trinajstić information content (AvgIpc) is 2.65. The zero-order chi connectivity index (χ0) is 18.7. The highest BCUT2D eigenvalue weighted by Crippen LogP contribution is 2.32. The van der Waals surface area contributed by atoms with E-state index in [2.05, 4.69) is 0 Å². The number of halogens is 1. The van der Waals surface area contributed by atoms with E-state index in [1.54, 1.807) is 49.6 Å². The lowest BCUT2D eigenvalue weighted by Crippen LogP contribution is -3.00. The van der Waals surface area contributed by atoms with Crippen LogP contribution in [0.15, 0.2) is 46.9 Å². The Morgan fingerprint density at radius 1 is 1.04 bits per heavy atom. The maximum atomic E-state index is 12.0. The maximum absolute atomic E-state index is 12.0. The smallest absolute Gasteiger partial charge is 0.402 e. The fraction of sp³-hybridized carbons (Fsp3) is 0.143. The lowest BCUT2D eigenvalue weighted by atomic mass is 10.1. The van der Waals surface area contributed by atoms with E-state index in [4.69, 9.17) is 13.9 Å². The number of phenolic OH excluding ortho intramolecular Hbond substituents is 1. The third-order valence-corrected chi connectivity index (χ3v) is 4.05. The van der Waals surface area contributed by atoms with E-state index in [0.717, 1.165) is 5.39 Å². The number of para-hydroxylation sites is 2. The number of ether oxygens (including phenoxy) is 2. The molecule has 5 nitrogen and oxygen atoms in total. The quantitative estimate of drug-likeness (QED) is 0.535. The second kappa shape index (κ2) is 8.56. The van der Waals surface area contributed by atoms with Crippen LogP contribution in [0.25, 0.3) is 23.1 Å². The molecule has 0 aliphatic heterocycles. The molecule has 0 bridgehead atoms.